The van der Waals surface area contributed by atoms with Gasteiger partial charge in [0.05, 0.1) is 7.11 Å². The third-order valence-corrected chi connectivity index (χ3v) is 5.14. The Morgan fingerprint density at radius 3 is 2.31 bits per heavy atom. The van der Waals surface area contributed by atoms with E-state index in [1.54, 1.807) is 7.11 Å². The molecule has 29 heavy (non-hydrogen) atoms. The van der Waals surface area contributed by atoms with Crippen molar-refractivity contribution >= 4 is 12.0 Å². The summed E-state index contributed by atoms with van der Waals surface area (Å²) in [7, 11) is 1.61. The summed E-state index contributed by atoms with van der Waals surface area (Å²) >= 11 is 0. The quantitative estimate of drug-likeness (QED) is 0.685. The molecule has 2 aromatic carbocycles. The van der Waals surface area contributed by atoms with Gasteiger partial charge in [0.25, 0.3) is 5.91 Å². The van der Waals surface area contributed by atoms with Crippen LogP contribution >= 0.6 is 0 Å². The average molecular weight is 395 g/mol. The number of piperazine rings is 1. The van der Waals surface area contributed by atoms with E-state index in [0.717, 1.165) is 32.7 Å². The van der Waals surface area contributed by atoms with E-state index < -0.39 is 6.10 Å². The summed E-state index contributed by atoms with van der Waals surface area (Å²) in [6.45, 7) is 6.06. The number of amides is 1. The molecule has 2 aromatic rings. The molecule has 1 heterocycles. The molecule has 5 heteroatoms. The van der Waals surface area contributed by atoms with Gasteiger partial charge in [0.15, 0.2) is 17.6 Å². The minimum absolute atomic E-state index is 0.0536. The van der Waals surface area contributed by atoms with Crippen molar-refractivity contribution in [2.75, 3.05) is 39.8 Å². The lowest BCUT2D eigenvalue weighted by atomic mass is 10.2. The van der Waals surface area contributed by atoms with E-state index in [1.165, 1.54) is 5.56 Å². The maximum absolute atomic E-state index is 13.0. The molecule has 0 radical (unpaired) electrons. The van der Waals surface area contributed by atoms with Crippen LogP contribution in [-0.4, -0.2) is 61.6 Å². The fourth-order valence-electron chi connectivity index (χ4n) is 3.43. The van der Waals surface area contributed by atoms with Crippen molar-refractivity contribution in [2.45, 2.75) is 19.4 Å². The molecule has 0 spiro atoms. The van der Waals surface area contributed by atoms with Gasteiger partial charge in [0, 0.05) is 32.7 Å². The molecule has 0 unspecified atom stereocenters. The van der Waals surface area contributed by atoms with Gasteiger partial charge in [-0.2, -0.15) is 0 Å². The molecule has 1 fully saturated rings. The Morgan fingerprint density at radius 2 is 1.66 bits per heavy atom. The summed E-state index contributed by atoms with van der Waals surface area (Å²) in [6.07, 6.45) is 4.46. The second-order valence-corrected chi connectivity index (χ2v) is 7.10. The van der Waals surface area contributed by atoms with Gasteiger partial charge in [-0.05, 0) is 24.1 Å². The van der Waals surface area contributed by atoms with Crippen LogP contribution < -0.4 is 9.47 Å². The number of para-hydroxylation sites is 2. The van der Waals surface area contributed by atoms with Gasteiger partial charge in [0.1, 0.15) is 0 Å². The van der Waals surface area contributed by atoms with Gasteiger partial charge < -0.3 is 14.4 Å². The number of carbonyl (C=O) groups is 1. The van der Waals surface area contributed by atoms with E-state index >= 15 is 0 Å². The SMILES string of the molecule is CC[C@@H](Oc1ccccc1OC)C(=O)N1CCN(C/C=C/c2ccccc2)CC1. The predicted octanol–water partition coefficient (Wildman–Crippen LogP) is 3.71. The molecule has 1 aliphatic rings. The third-order valence-electron chi connectivity index (χ3n) is 5.14. The lowest BCUT2D eigenvalue weighted by Crippen LogP contribution is -2.52. The van der Waals surface area contributed by atoms with Crippen LogP contribution in [0.2, 0.25) is 0 Å². The van der Waals surface area contributed by atoms with Crippen LogP contribution in [-0.2, 0) is 4.79 Å². The fourth-order valence-corrected chi connectivity index (χ4v) is 3.43. The number of methoxy groups -OCH3 is 1. The molecule has 3 rings (SSSR count). The zero-order valence-electron chi connectivity index (χ0n) is 17.3. The molecule has 0 bridgehead atoms. The van der Waals surface area contributed by atoms with E-state index in [2.05, 4.69) is 29.2 Å². The largest absolute Gasteiger partial charge is 0.493 e. The minimum atomic E-state index is -0.490. The van der Waals surface area contributed by atoms with E-state index in [1.807, 2.05) is 54.3 Å². The average Bonchev–Trinajstić information content (AvgIpc) is 2.78. The van der Waals surface area contributed by atoms with E-state index in [4.69, 9.17) is 9.47 Å². The number of hydrogen-bond acceptors (Lipinski definition) is 4. The van der Waals surface area contributed by atoms with Crippen LogP contribution in [0, 0.1) is 0 Å². The normalized spacial score (nSPS) is 16.0. The summed E-state index contributed by atoms with van der Waals surface area (Å²) in [6, 6.07) is 17.8. The van der Waals surface area contributed by atoms with Crippen molar-refractivity contribution in [3.63, 3.8) is 0 Å². The van der Waals surface area contributed by atoms with Crippen LogP contribution in [0.4, 0.5) is 0 Å². The lowest BCUT2D eigenvalue weighted by molar-refractivity contribution is -0.140. The molecule has 5 nitrogen and oxygen atoms in total. The summed E-state index contributed by atoms with van der Waals surface area (Å²) in [4.78, 5) is 17.3. The van der Waals surface area contributed by atoms with E-state index in [-0.39, 0.29) is 5.91 Å². The molecule has 1 saturated heterocycles. The highest BCUT2D eigenvalue weighted by Gasteiger charge is 2.28. The van der Waals surface area contributed by atoms with Crippen LogP contribution in [0.3, 0.4) is 0 Å². The standard InChI is InChI=1S/C24H30N2O3/c1-3-21(29-23-14-8-7-13-22(23)28-2)24(27)26-18-16-25(17-19-26)15-9-12-20-10-5-4-6-11-20/h4-14,21H,3,15-19H2,1-2H3/b12-9+/t21-/m1/s1. The molecule has 0 N–H and O–H groups in total. The van der Waals surface area contributed by atoms with Gasteiger partial charge in [0.2, 0.25) is 0 Å². The highest BCUT2D eigenvalue weighted by atomic mass is 16.5. The minimum Gasteiger partial charge on any atom is -0.493 e. The second-order valence-electron chi connectivity index (χ2n) is 7.10. The number of rotatable bonds is 8. The first-order chi connectivity index (χ1) is 14.2. The Hall–Kier alpha value is -2.79. The van der Waals surface area contributed by atoms with Crippen LogP contribution in [0.5, 0.6) is 11.5 Å². The van der Waals surface area contributed by atoms with Gasteiger partial charge in [-0.15, -0.1) is 0 Å². The number of benzene rings is 2. The number of ether oxygens (including phenoxy) is 2. The monoisotopic (exact) mass is 394 g/mol. The van der Waals surface area contributed by atoms with Gasteiger partial charge in [-0.1, -0.05) is 61.5 Å². The van der Waals surface area contributed by atoms with Crippen molar-refractivity contribution in [1.82, 2.24) is 9.80 Å². The Bertz CT molecular complexity index is 799. The first-order valence-corrected chi connectivity index (χ1v) is 10.2. The van der Waals surface area contributed by atoms with Crippen molar-refractivity contribution in [2.24, 2.45) is 0 Å². The van der Waals surface area contributed by atoms with Crippen molar-refractivity contribution in [1.29, 1.82) is 0 Å². The maximum Gasteiger partial charge on any atom is 0.263 e. The first-order valence-electron chi connectivity index (χ1n) is 10.2. The number of nitrogens with zero attached hydrogens (tertiary/aromatic N) is 2. The van der Waals surface area contributed by atoms with Gasteiger partial charge >= 0.3 is 0 Å². The molecule has 0 saturated carbocycles. The smallest absolute Gasteiger partial charge is 0.263 e. The predicted molar refractivity (Wildman–Crippen MR) is 116 cm³/mol. The van der Waals surface area contributed by atoms with Crippen molar-refractivity contribution < 1.29 is 14.3 Å². The van der Waals surface area contributed by atoms with Crippen LogP contribution in [0.15, 0.2) is 60.7 Å². The van der Waals surface area contributed by atoms with Crippen molar-refractivity contribution in [3.8, 4) is 11.5 Å². The van der Waals surface area contributed by atoms with E-state index in [0.29, 0.717) is 17.9 Å². The zero-order valence-corrected chi connectivity index (χ0v) is 17.3. The molecule has 1 atom stereocenters. The fraction of sp³-hybridized carbons (Fsp3) is 0.375. The Balaban J connectivity index is 1.50. The molecular weight excluding hydrogens is 364 g/mol. The lowest BCUT2D eigenvalue weighted by Gasteiger charge is -2.35. The van der Waals surface area contributed by atoms with Crippen LogP contribution in [0.25, 0.3) is 6.08 Å². The molecule has 1 aliphatic heterocycles. The van der Waals surface area contributed by atoms with Gasteiger partial charge in [-0.3, -0.25) is 9.69 Å². The van der Waals surface area contributed by atoms with Gasteiger partial charge in [-0.25, -0.2) is 0 Å². The van der Waals surface area contributed by atoms with Crippen molar-refractivity contribution in [3.05, 3.63) is 66.2 Å². The zero-order chi connectivity index (χ0) is 20.5. The summed E-state index contributed by atoms with van der Waals surface area (Å²) in [5, 5.41) is 0. The second kappa shape index (κ2) is 10.7. The van der Waals surface area contributed by atoms with Crippen LogP contribution in [0.1, 0.15) is 18.9 Å². The molecule has 0 aromatic heterocycles. The Morgan fingerprint density at radius 1 is 1.00 bits per heavy atom. The summed E-state index contributed by atoms with van der Waals surface area (Å²) in [5.74, 6) is 1.31. The highest BCUT2D eigenvalue weighted by Crippen LogP contribution is 2.27. The maximum atomic E-state index is 13.0. The Labute approximate surface area is 173 Å². The molecule has 0 aliphatic carbocycles. The number of carbonyl (C=O) groups excluding carboxylic acids is 1. The molecule has 154 valence electrons. The molecular formula is C24H30N2O3. The molecule has 1 amide bonds. The highest BCUT2D eigenvalue weighted by molar-refractivity contribution is 5.81. The third kappa shape index (κ3) is 5.84. The number of hydrogen-bond donors (Lipinski definition) is 0. The summed E-state index contributed by atoms with van der Waals surface area (Å²) in [5.41, 5.74) is 1.21. The van der Waals surface area contributed by atoms with E-state index in [9.17, 15) is 4.79 Å². The summed E-state index contributed by atoms with van der Waals surface area (Å²) < 4.78 is 11.3. The topological polar surface area (TPSA) is 42.0 Å². The first kappa shape index (κ1) is 20.9. The Kier molecular flexibility index (Phi) is 7.70.